The zero-order valence-electron chi connectivity index (χ0n) is 18.7. The molecule has 3 aromatic rings. The first-order valence-electron chi connectivity index (χ1n) is 11.2. The van der Waals surface area contributed by atoms with Crippen LogP contribution in [0, 0.1) is 11.7 Å². The lowest BCUT2D eigenvalue weighted by atomic mass is 9.93. The summed E-state index contributed by atoms with van der Waals surface area (Å²) in [6.07, 6.45) is -5.86. The quantitative estimate of drug-likeness (QED) is 0.398. The number of piperidine rings is 1. The Labute approximate surface area is 204 Å². The minimum Gasteiger partial charge on any atom is -0.430 e. The smallest absolute Gasteiger partial charge is 0.430 e. The van der Waals surface area contributed by atoms with Crippen LogP contribution in [-0.4, -0.2) is 41.9 Å². The summed E-state index contributed by atoms with van der Waals surface area (Å²) in [6, 6.07) is 11.9. The van der Waals surface area contributed by atoms with E-state index in [0.29, 0.717) is 12.3 Å². The van der Waals surface area contributed by atoms with Crippen molar-refractivity contribution in [3.63, 3.8) is 0 Å². The summed E-state index contributed by atoms with van der Waals surface area (Å²) >= 11 is 1.00. The van der Waals surface area contributed by atoms with E-state index in [1.165, 1.54) is 23.0 Å². The second kappa shape index (κ2) is 11.0. The number of hydrogen-bond donors (Lipinski definition) is 1. The number of thiazole rings is 1. The van der Waals surface area contributed by atoms with Crippen molar-refractivity contribution in [3.05, 3.63) is 64.9 Å². The fourth-order valence-corrected chi connectivity index (χ4v) is 4.57. The average molecular weight is 509 g/mol. The number of alkyl carbamates (subject to hydrolysis) is 1. The Balaban J connectivity index is 1.23. The maximum absolute atomic E-state index is 13.2. The van der Waals surface area contributed by atoms with Gasteiger partial charge in [0.05, 0.1) is 11.2 Å². The highest BCUT2D eigenvalue weighted by Crippen LogP contribution is 2.35. The molecule has 0 spiro atoms. The fourth-order valence-electron chi connectivity index (χ4n) is 4.00. The monoisotopic (exact) mass is 508 g/mol. The standard InChI is InChI=1S/C24H24F4N4O2S/c25-18-6-4-17(5-7-18)19-2-1-3-21(31-19)32-12-9-16(10-13-32)8-11-29-23(33)34-22(24(26,27)28)20-14-35-15-30-20/h1-7,14-16,22H,8-13H2,(H,29,33). The van der Waals surface area contributed by atoms with Gasteiger partial charge in [0, 0.05) is 30.6 Å². The first-order chi connectivity index (χ1) is 16.8. The third-order valence-electron chi connectivity index (χ3n) is 5.88. The molecule has 1 fully saturated rings. The van der Waals surface area contributed by atoms with Crippen molar-refractivity contribution in [2.75, 3.05) is 24.5 Å². The number of nitrogens with zero attached hydrogens (tertiary/aromatic N) is 3. The number of aromatic nitrogens is 2. The van der Waals surface area contributed by atoms with Crippen LogP contribution < -0.4 is 10.2 Å². The zero-order valence-corrected chi connectivity index (χ0v) is 19.5. The molecule has 4 rings (SSSR count). The highest BCUT2D eigenvalue weighted by Gasteiger charge is 2.45. The SMILES string of the molecule is O=C(NCCC1CCN(c2cccc(-c3ccc(F)cc3)n2)CC1)OC(c1cscn1)C(F)(F)F. The number of ether oxygens (including phenoxy) is 1. The van der Waals surface area contributed by atoms with Crippen molar-refractivity contribution in [1.82, 2.24) is 15.3 Å². The van der Waals surface area contributed by atoms with Crippen LogP contribution in [0.3, 0.4) is 0 Å². The van der Waals surface area contributed by atoms with E-state index >= 15 is 0 Å². The van der Waals surface area contributed by atoms with E-state index in [4.69, 9.17) is 4.98 Å². The van der Waals surface area contributed by atoms with Crippen molar-refractivity contribution in [1.29, 1.82) is 0 Å². The molecule has 11 heteroatoms. The van der Waals surface area contributed by atoms with Crippen molar-refractivity contribution >= 4 is 23.2 Å². The topological polar surface area (TPSA) is 67.4 Å². The molecule has 0 radical (unpaired) electrons. The number of carbonyl (C=O) groups excluding carboxylic acids is 1. The molecule has 1 amide bonds. The van der Waals surface area contributed by atoms with Gasteiger partial charge in [-0.05, 0) is 61.6 Å². The predicted molar refractivity (Wildman–Crippen MR) is 125 cm³/mol. The van der Waals surface area contributed by atoms with Crippen LogP contribution in [0.2, 0.25) is 0 Å². The van der Waals surface area contributed by atoms with Crippen LogP contribution >= 0.6 is 11.3 Å². The summed E-state index contributed by atoms with van der Waals surface area (Å²) < 4.78 is 57.4. The Kier molecular flexibility index (Phi) is 7.84. The van der Waals surface area contributed by atoms with Gasteiger partial charge >= 0.3 is 12.3 Å². The van der Waals surface area contributed by atoms with E-state index in [-0.39, 0.29) is 18.1 Å². The van der Waals surface area contributed by atoms with Crippen molar-refractivity contribution in [2.24, 2.45) is 5.92 Å². The van der Waals surface area contributed by atoms with E-state index in [2.05, 4.69) is 19.9 Å². The molecule has 186 valence electrons. The number of pyridine rings is 1. The van der Waals surface area contributed by atoms with E-state index in [9.17, 15) is 22.4 Å². The van der Waals surface area contributed by atoms with Gasteiger partial charge < -0.3 is 15.0 Å². The molecule has 1 saturated heterocycles. The maximum atomic E-state index is 13.2. The van der Waals surface area contributed by atoms with Gasteiger partial charge in [0.2, 0.25) is 6.10 Å². The summed E-state index contributed by atoms with van der Waals surface area (Å²) in [5.41, 5.74) is 2.53. The van der Waals surface area contributed by atoms with Crippen LogP contribution in [0.25, 0.3) is 11.3 Å². The Morgan fingerprint density at radius 3 is 2.57 bits per heavy atom. The molecule has 1 aliphatic heterocycles. The first kappa shape index (κ1) is 24.9. The average Bonchev–Trinajstić information content (AvgIpc) is 3.37. The third-order valence-corrected chi connectivity index (χ3v) is 6.48. The summed E-state index contributed by atoms with van der Waals surface area (Å²) in [7, 11) is 0. The number of hydrogen-bond acceptors (Lipinski definition) is 6. The Hall–Kier alpha value is -3.21. The van der Waals surface area contributed by atoms with E-state index in [1.807, 2.05) is 18.2 Å². The van der Waals surface area contributed by atoms with Gasteiger partial charge in [-0.15, -0.1) is 11.3 Å². The van der Waals surface area contributed by atoms with Gasteiger partial charge in [-0.3, -0.25) is 0 Å². The molecule has 1 N–H and O–H groups in total. The summed E-state index contributed by atoms with van der Waals surface area (Å²) in [4.78, 5) is 22.4. The number of nitrogens with one attached hydrogen (secondary N) is 1. The minimum atomic E-state index is -4.74. The third kappa shape index (κ3) is 6.68. The molecule has 0 bridgehead atoms. The van der Waals surface area contributed by atoms with E-state index < -0.39 is 18.4 Å². The molecule has 6 nitrogen and oxygen atoms in total. The van der Waals surface area contributed by atoms with Gasteiger partial charge in [0.1, 0.15) is 17.3 Å². The van der Waals surface area contributed by atoms with Crippen LogP contribution in [0.15, 0.2) is 53.4 Å². The van der Waals surface area contributed by atoms with Crippen LogP contribution in [0.1, 0.15) is 31.1 Å². The van der Waals surface area contributed by atoms with Crippen molar-refractivity contribution in [2.45, 2.75) is 31.5 Å². The molecule has 1 unspecified atom stereocenters. The number of benzene rings is 1. The van der Waals surface area contributed by atoms with Gasteiger partial charge in [-0.2, -0.15) is 13.2 Å². The predicted octanol–water partition coefficient (Wildman–Crippen LogP) is 5.98. The van der Waals surface area contributed by atoms with Gasteiger partial charge in [-0.25, -0.2) is 19.2 Å². The molecule has 1 aromatic carbocycles. The first-order valence-corrected chi connectivity index (χ1v) is 12.1. The second-order valence-corrected chi connectivity index (χ2v) is 8.99. The number of anilines is 1. The van der Waals surface area contributed by atoms with Crippen LogP contribution in [0.4, 0.5) is 28.2 Å². The Morgan fingerprint density at radius 1 is 1.17 bits per heavy atom. The minimum absolute atomic E-state index is 0.226. The van der Waals surface area contributed by atoms with Crippen LogP contribution in [0.5, 0.6) is 0 Å². The fraction of sp³-hybridized carbons (Fsp3) is 0.375. The number of rotatable bonds is 7. The number of amides is 1. The lowest BCUT2D eigenvalue weighted by Gasteiger charge is -2.33. The number of alkyl halides is 3. The molecular formula is C24H24F4N4O2S. The van der Waals surface area contributed by atoms with Crippen molar-refractivity contribution in [3.8, 4) is 11.3 Å². The Morgan fingerprint density at radius 2 is 1.91 bits per heavy atom. The van der Waals surface area contributed by atoms with Gasteiger partial charge in [-0.1, -0.05) is 6.07 Å². The van der Waals surface area contributed by atoms with Crippen molar-refractivity contribution < 1.29 is 27.1 Å². The number of carbonyl (C=O) groups is 1. The summed E-state index contributed by atoms with van der Waals surface area (Å²) in [6.45, 7) is 1.77. The maximum Gasteiger partial charge on any atom is 0.431 e. The molecule has 2 aromatic heterocycles. The lowest BCUT2D eigenvalue weighted by molar-refractivity contribution is -0.207. The zero-order chi connectivity index (χ0) is 24.8. The highest BCUT2D eigenvalue weighted by atomic mass is 32.1. The highest BCUT2D eigenvalue weighted by molar-refractivity contribution is 7.07. The molecule has 0 aliphatic carbocycles. The molecule has 1 aliphatic rings. The largest absolute Gasteiger partial charge is 0.431 e. The molecule has 1 atom stereocenters. The Bertz CT molecular complexity index is 1100. The van der Waals surface area contributed by atoms with Crippen LogP contribution in [-0.2, 0) is 4.74 Å². The van der Waals surface area contributed by atoms with E-state index in [0.717, 1.165) is 54.3 Å². The van der Waals surface area contributed by atoms with Gasteiger partial charge in [0.15, 0.2) is 0 Å². The molecule has 3 heterocycles. The van der Waals surface area contributed by atoms with E-state index in [1.54, 1.807) is 12.1 Å². The second-order valence-electron chi connectivity index (χ2n) is 8.27. The summed E-state index contributed by atoms with van der Waals surface area (Å²) in [5, 5.41) is 3.64. The normalized spacial score (nSPS) is 15.6. The molecule has 35 heavy (non-hydrogen) atoms. The van der Waals surface area contributed by atoms with Gasteiger partial charge in [0.25, 0.3) is 0 Å². The molecule has 0 saturated carbocycles. The molecular weight excluding hydrogens is 484 g/mol. The summed E-state index contributed by atoms with van der Waals surface area (Å²) in [5.74, 6) is 0.866. The number of halogens is 4. The lowest BCUT2D eigenvalue weighted by Crippen LogP contribution is -2.36.